The van der Waals surface area contributed by atoms with Crippen LogP contribution in [0.25, 0.3) is 0 Å². The van der Waals surface area contributed by atoms with Crippen molar-refractivity contribution in [1.29, 1.82) is 0 Å². The van der Waals surface area contributed by atoms with Crippen molar-refractivity contribution >= 4 is 23.4 Å². The molecule has 7 nitrogen and oxygen atoms in total. The molecule has 0 radical (unpaired) electrons. The van der Waals surface area contributed by atoms with Crippen LogP contribution in [0.4, 0.5) is 5.69 Å². The lowest BCUT2D eigenvalue weighted by Gasteiger charge is -2.29. The normalized spacial score (nSPS) is 22.0. The first-order valence-electron chi connectivity index (χ1n) is 7.96. The van der Waals surface area contributed by atoms with Gasteiger partial charge < -0.3 is 21.3 Å². The van der Waals surface area contributed by atoms with Crippen LogP contribution in [0.5, 0.6) is 0 Å². The van der Waals surface area contributed by atoms with Crippen LogP contribution in [0.3, 0.4) is 0 Å². The molecule has 0 aliphatic heterocycles. The molecule has 1 aromatic rings. The fourth-order valence-corrected chi connectivity index (χ4v) is 2.89. The summed E-state index contributed by atoms with van der Waals surface area (Å²) in [4.78, 5) is 35.1. The van der Waals surface area contributed by atoms with E-state index in [-0.39, 0.29) is 18.6 Å². The predicted octanol–water partition coefficient (Wildman–Crippen LogP) is 1.21. The second kappa shape index (κ2) is 7.92. The number of carboxylic acids is 1. The lowest BCUT2D eigenvalue weighted by molar-refractivity contribution is -0.159. The molecular formula is C17H22N2O5. The highest BCUT2D eigenvalue weighted by molar-refractivity contribution is 5.93. The van der Waals surface area contributed by atoms with Crippen molar-refractivity contribution in [3.8, 4) is 0 Å². The van der Waals surface area contributed by atoms with Gasteiger partial charge in [-0.1, -0.05) is 18.2 Å². The second-order valence-electron chi connectivity index (χ2n) is 5.98. The Morgan fingerprint density at radius 3 is 2.67 bits per heavy atom. The van der Waals surface area contributed by atoms with E-state index in [2.05, 4.69) is 0 Å². The SMILES string of the molecule is Nc1ccccc1C1CCC[C@@H](OC(=O)[C@@H](N)CCC(=O)O)C1=O. The summed E-state index contributed by atoms with van der Waals surface area (Å²) in [5, 5.41) is 8.62. The molecule has 0 spiro atoms. The smallest absolute Gasteiger partial charge is 0.323 e. The van der Waals surface area contributed by atoms with Gasteiger partial charge in [0.15, 0.2) is 11.9 Å². The van der Waals surface area contributed by atoms with Gasteiger partial charge in [-0.05, 0) is 37.3 Å². The first-order valence-corrected chi connectivity index (χ1v) is 7.96. The van der Waals surface area contributed by atoms with Crippen LogP contribution < -0.4 is 11.5 Å². The zero-order valence-electron chi connectivity index (χ0n) is 13.3. The van der Waals surface area contributed by atoms with Crippen molar-refractivity contribution in [3.05, 3.63) is 29.8 Å². The number of rotatable bonds is 6. The lowest BCUT2D eigenvalue weighted by Crippen LogP contribution is -2.41. The molecule has 1 aromatic carbocycles. The average Bonchev–Trinajstić information content (AvgIpc) is 2.55. The summed E-state index contributed by atoms with van der Waals surface area (Å²) >= 11 is 0. The fourth-order valence-electron chi connectivity index (χ4n) is 2.89. The van der Waals surface area contributed by atoms with Crippen LogP contribution in [0.15, 0.2) is 24.3 Å². The zero-order chi connectivity index (χ0) is 17.7. The third-order valence-electron chi connectivity index (χ3n) is 4.22. The molecule has 0 saturated heterocycles. The molecule has 130 valence electrons. The maximum absolute atomic E-state index is 12.6. The van der Waals surface area contributed by atoms with Crippen LogP contribution in [-0.4, -0.2) is 35.0 Å². The largest absolute Gasteiger partial charge is 0.481 e. The van der Waals surface area contributed by atoms with Gasteiger partial charge in [-0.15, -0.1) is 0 Å². The number of para-hydroxylation sites is 1. The third kappa shape index (κ3) is 4.32. The minimum absolute atomic E-state index is 0.0237. The molecule has 0 aromatic heterocycles. The maximum atomic E-state index is 12.6. The summed E-state index contributed by atoms with van der Waals surface area (Å²) < 4.78 is 5.24. The number of ether oxygens (including phenoxy) is 1. The number of anilines is 1. The van der Waals surface area contributed by atoms with E-state index in [1.54, 1.807) is 18.2 Å². The highest BCUT2D eigenvalue weighted by Crippen LogP contribution is 2.34. The second-order valence-corrected chi connectivity index (χ2v) is 5.98. The first-order chi connectivity index (χ1) is 11.4. The van der Waals surface area contributed by atoms with E-state index in [1.165, 1.54) is 0 Å². The quantitative estimate of drug-likeness (QED) is 0.526. The van der Waals surface area contributed by atoms with Crippen molar-refractivity contribution in [1.82, 2.24) is 0 Å². The molecule has 5 N–H and O–H groups in total. The molecular weight excluding hydrogens is 312 g/mol. The number of ketones is 1. The molecule has 3 atom stereocenters. The summed E-state index contributed by atoms with van der Waals surface area (Å²) in [5.41, 5.74) is 12.9. The summed E-state index contributed by atoms with van der Waals surface area (Å²) in [6.07, 6.45) is 0.729. The standard InChI is InChI=1S/C17H22N2O5/c18-12-6-2-1-4-10(12)11-5-3-7-14(16(11)22)24-17(23)13(19)8-9-15(20)21/h1-2,4,6,11,13-14H,3,5,7-9,18-19H2,(H,20,21)/t11?,13-,14+/m0/s1. The van der Waals surface area contributed by atoms with Crippen molar-refractivity contribution in [2.75, 3.05) is 5.73 Å². The van der Waals surface area contributed by atoms with Gasteiger partial charge >= 0.3 is 11.9 Å². The van der Waals surface area contributed by atoms with Crippen molar-refractivity contribution < 1.29 is 24.2 Å². The van der Waals surface area contributed by atoms with Crippen molar-refractivity contribution in [3.63, 3.8) is 0 Å². The molecule has 7 heteroatoms. The Morgan fingerprint density at radius 2 is 2.00 bits per heavy atom. The van der Waals surface area contributed by atoms with Crippen LogP contribution in [-0.2, 0) is 19.1 Å². The van der Waals surface area contributed by atoms with Crippen LogP contribution in [0.2, 0.25) is 0 Å². The number of carboxylic acid groups (broad SMARTS) is 1. The highest BCUT2D eigenvalue weighted by Gasteiger charge is 2.36. The lowest BCUT2D eigenvalue weighted by atomic mass is 9.80. The molecule has 1 aliphatic carbocycles. The number of carbonyl (C=O) groups is 3. The Labute approximate surface area is 140 Å². The number of esters is 1. The van der Waals surface area contributed by atoms with Gasteiger partial charge in [-0.2, -0.15) is 0 Å². The Hall–Kier alpha value is -2.41. The fraction of sp³-hybridized carbons (Fsp3) is 0.471. The maximum Gasteiger partial charge on any atom is 0.323 e. The number of nitrogens with two attached hydrogens (primary N) is 2. The number of hydrogen-bond donors (Lipinski definition) is 3. The molecule has 24 heavy (non-hydrogen) atoms. The minimum atomic E-state index is -1.05. The van der Waals surface area contributed by atoms with Crippen LogP contribution in [0.1, 0.15) is 43.6 Å². The molecule has 0 amide bonds. The summed E-state index contributed by atoms with van der Waals surface area (Å²) in [5.74, 6) is -2.35. The molecule has 1 aliphatic rings. The Balaban J connectivity index is 2.01. The Bertz CT molecular complexity index is 631. The van der Waals surface area contributed by atoms with Crippen molar-refractivity contribution in [2.45, 2.75) is 50.2 Å². The van der Waals surface area contributed by atoms with Gasteiger partial charge in [0.2, 0.25) is 0 Å². The van der Waals surface area contributed by atoms with E-state index >= 15 is 0 Å². The zero-order valence-corrected chi connectivity index (χ0v) is 13.3. The number of carbonyl (C=O) groups excluding carboxylic acids is 2. The number of aliphatic carboxylic acids is 1. The molecule has 0 heterocycles. The molecule has 1 unspecified atom stereocenters. The van der Waals surface area contributed by atoms with Crippen molar-refractivity contribution in [2.24, 2.45) is 5.73 Å². The number of nitrogen functional groups attached to an aromatic ring is 1. The van der Waals surface area contributed by atoms with E-state index in [0.29, 0.717) is 18.5 Å². The molecule has 2 rings (SSSR count). The van der Waals surface area contributed by atoms with Gasteiger partial charge in [0.1, 0.15) is 6.04 Å². The van der Waals surface area contributed by atoms with E-state index in [0.717, 1.165) is 12.0 Å². The Kier molecular flexibility index (Phi) is 5.92. The van der Waals surface area contributed by atoms with Gasteiger partial charge in [-0.25, -0.2) is 0 Å². The number of hydrogen-bond acceptors (Lipinski definition) is 6. The Morgan fingerprint density at radius 1 is 1.29 bits per heavy atom. The van der Waals surface area contributed by atoms with Crippen LogP contribution in [0, 0.1) is 0 Å². The van der Waals surface area contributed by atoms with Crippen LogP contribution >= 0.6 is 0 Å². The topological polar surface area (TPSA) is 133 Å². The van der Waals surface area contributed by atoms with E-state index < -0.39 is 30.0 Å². The molecule has 1 saturated carbocycles. The number of Topliss-reactive ketones (excluding diaryl/α,β-unsaturated/α-hetero) is 1. The predicted molar refractivity (Wildman–Crippen MR) is 87.2 cm³/mol. The van der Waals surface area contributed by atoms with E-state index in [1.807, 2.05) is 6.07 Å². The van der Waals surface area contributed by atoms with Gasteiger partial charge in [0, 0.05) is 18.0 Å². The number of benzene rings is 1. The average molecular weight is 334 g/mol. The third-order valence-corrected chi connectivity index (χ3v) is 4.22. The molecule has 0 bridgehead atoms. The summed E-state index contributed by atoms with van der Waals surface area (Å²) in [7, 11) is 0. The monoisotopic (exact) mass is 334 g/mol. The highest BCUT2D eigenvalue weighted by atomic mass is 16.5. The first kappa shape index (κ1) is 17.9. The van der Waals surface area contributed by atoms with E-state index in [4.69, 9.17) is 21.3 Å². The van der Waals surface area contributed by atoms with Gasteiger partial charge in [-0.3, -0.25) is 14.4 Å². The van der Waals surface area contributed by atoms with E-state index in [9.17, 15) is 14.4 Å². The minimum Gasteiger partial charge on any atom is -0.481 e. The molecule has 1 fully saturated rings. The van der Waals surface area contributed by atoms with Gasteiger partial charge in [0.25, 0.3) is 0 Å². The summed E-state index contributed by atoms with van der Waals surface area (Å²) in [6.45, 7) is 0. The van der Waals surface area contributed by atoms with Gasteiger partial charge in [0.05, 0.1) is 0 Å². The summed E-state index contributed by atoms with van der Waals surface area (Å²) in [6, 6.07) is 6.11.